The highest BCUT2D eigenvalue weighted by Crippen LogP contribution is 2.41. The molecule has 13 rings (SSSR count). The second-order valence-electron chi connectivity index (χ2n) is 17.5. The summed E-state index contributed by atoms with van der Waals surface area (Å²) in [5, 5.41) is 9.80. The number of hydrogen-bond donors (Lipinski definition) is 0. The average Bonchev–Trinajstić information content (AvgIpc) is 4.00. The molecular weight excluding hydrogens is 875 g/mol. The van der Waals surface area contributed by atoms with Crippen molar-refractivity contribution in [2.45, 2.75) is 0 Å². The van der Waals surface area contributed by atoms with Crippen LogP contribution < -0.4 is 20.7 Å². The number of para-hydroxylation sites is 1. The Balaban J connectivity index is 0.986. The molecule has 0 aliphatic heterocycles. The van der Waals surface area contributed by atoms with Crippen molar-refractivity contribution in [1.82, 2.24) is 15.0 Å². The Kier molecular flexibility index (Phi) is 10.00. The van der Waals surface area contributed by atoms with Crippen LogP contribution in [0.1, 0.15) is 0 Å². The molecule has 324 valence electrons. The summed E-state index contributed by atoms with van der Waals surface area (Å²) >= 11 is 1.83. The van der Waals surface area contributed by atoms with E-state index in [2.05, 4.69) is 243 Å². The Morgan fingerprint density at radius 3 is 1.48 bits per heavy atom. The predicted molar refractivity (Wildman–Crippen MR) is 291 cm³/mol. The topological polar surface area (TPSA) is 51.8 Å². The lowest BCUT2D eigenvalue weighted by molar-refractivity contribution is 0.670. The number of furan rings is 1. The Morgan fingerprint density at radius 2 is 0.797 bits per heavy atom. The zero-order valence-corrected chi connectivity index (χ0v) is 39.1. The van der Waals surface area contributed by atoms with Gasteiger partial charge in [-0.3, -0.25) is 0 Å². The molecule has 13 aromatic rings. The number of nitrogens with zero attached hydrogens (tertiary/aromatic N) is 3. The summed E-state index contributed by atoms with van der Waals surface area (Å²) in [5.74, 6) is 1.77. The van der Waals surface area contributed by atoms with E-state index in [0.29, 0.717) is 17.5 Å². The average molecular weight is 916 g/mol. The zero-order valence-electron chi connectivity index (χ0n) is 37.3. The molecule has 4 nitrogen and oxygen atoms in total. The first-order valence-corrected chi connectivity index (χ1v) is 26.1. The third kappa shape index (κ3) is 7.08. The number of fused-ring (bicyclic) bond motifs is 6. The van der Waals surface area contributed by atoms with Crippen LogP contribution in [0.15, 0.2) is 253 Å². The molecule has 6 heteroatoms. The smallest absolute Gasteiger partial charge is 0.179 e. The highest BCUT2D eigenvalue weighted by atomic mass is 32.1. The first-order valence-electron chi connectivity index (χ1n) is 23.2. The van der Waals surface area contributed by atoms with Crippen molar-refractivity contribution in [2.24, 2.45) is 0 Å². The normalized spacial score (nSPS) is 11.8. The minimum Gasteiger partial charge on any atom is -0.455 e. The van der Waals surface area contributed by atoms with Gasteiger partial charge in [-0.05, 0) is 73.8 Å². The number of hydrogen-bond acceptors (Lipinski definition) is 5. The molecule has 0 aliphatic rings. The highest BCUT2D eigenvalue weighted by molar-refractivity contribution is 7.25. The van der Waals surface area contributed by atoms with E-state index in [0.717, 1.165) is 60.9 Å². The van der Waals surface area contributed by atoms with Crippen molar-refractivity contribution >= 4 is 82.3 Å². The first kappa shape index (κ1) is 40.7. The van der Waals surface area contributed by atoms with Gasteiger partial charge in [0.05, 0.1) is 0 Å². The molecule has 3 aromatic heterocycles. The Bertz CT molecular complexity index is 3920. The van der Waals surface area contributed by atoms with Gasteiger partial charge in [-0.1, -0.05) is 212 Å². The third-order valence-corrected chi connectivity index (χ3v) is 19.4. The maximum absolute atomic E-state index is 6.89. The summed E-state index contributed by atoms with van der Waals surface area (Å²) < 4.78 is 9.46. The summed E-state index contributed by atoms with van der Waals surface area (Å²) in [7, 11) is -2.85. The van der Waals surface area contributed by atoms with Gasteiger partial charge in [0.2, 0.25) is 0 Å². The SMILES string of the molecule is c1ccc(-c2cccc(-c3nc(-c4cccc([Si](c5ccccc5)(c5ccccc5)c5ccccc5)c4)nc(-c4ccc5c(c4)oc4c(-c6ccc7sc8ccccc8c7c6)cccc45)n3)c2)cc1. The molecule has 0 saturated carbocycles. The highest BCUT2D eigenvalue weighted by Gasteiger charge is 2.41. The lowest BCUT2D eigenvalue weighted by Crippen LogP contribution is -2.74. The van der Waals surface area contributed by atoms with E-state index in [4.69, 9.17) is 19.4 Å². The largest absolute Gasteiger partial charge is 0.455 e. The number of rotatable bonds is 9. The Hall–Kier alpha value is -8.55. The van der Waals surface area contributed by atoms with Gasteiger partial charge in [0, 0.05) is 53.2 Å². The van der Waals surface area contributed by atoms with E-state index in [1.807, 2.05) is 17.4 Å². The van der Waals surface area contributed by atoms with Gasteiger partial charge in [-0.15, -0.1) is 11.3 Å². The lowest BCUT2D eigenvalue weighted by atomic mass is 10.00. The van der Waals surface area contributed by atoms with Crippen LogP contribution in [0.4, 0.5) is 0 Å². The number of aromatic nitrogens is 3. The molecule has 69 heavy (non-hydrogen) atoms. The van der Waals surface area contributed by atoms with Gasteiger partial charge in [-0.2, -0.15) is 0 Å². The fraction of sp³-hybridized carbons (Fsp3) is 0. The summed E-state index contributed by atoms with van der Waals surface area (Å²) in [4.78, 5) is 15.9. The molecule has 10 aromatic carbocycles. The summed E-state index contributed by atoms with van der Waals surface area (Å²) in [6, 6.07) is 89.0. The van der Waals surface area contributed by atoms with Gasteiger partial charge in [0.1, 0.15) is 11.2 Å². The molecular formula is C63H41N3OSSi. The van der Waals surface area contributed by atoms with Crippen LogP contribution >= 0.6 is 11.3 Å². The fourth-order valence-electron chi connectivity index (χ4n) is 10.2. The summed E-state index contributed by atoms with van der Waals surface area (Å²) in [6.45, 7) is 0. The monoisotopic (exact) mass is 915 g/mol. The zero-order chi connectivity index (χ0) is 45.7. The first-order chi connectivity index (χ1) is 34.2. The maximum atomic E-state index is 6.89. The number of benzene rings is 10. The Labute approximate surface area is 404 Å². The van der Waals surface area contributed by atoms with E-state index in [1.165, 1.54) is 40.9 Å². The number of thiophene rings is 1. The van der Waals surface area contributed by atoms with Gasteiger partial charge < -0.3 is 4.42 Å². The van der Waals surface area contributed by atoms with Gasteiger partial charge in [0.25, 0.3) is 0 Å². The quantitative estimate of drug-likeness (QED) is 0.107. The van der Waals surface area contributed by atoms with Crippen LogP contribution in [-0.4, -0.2) is 23.0 Å². The second-order valence-corrected chi connectivity index (χ2v) is 22.4. The molecule has 0 spiro atoms. The van der Waals surface area contributed by atoms with Crippen LogP contribution in [0.2, 0.25) is 0 Å². The maximum Gasteiger partial charge on any atom is 0.179 e. The van der Waals surface area contributed by atoms with E-state index in [9.17, 15) is 0 Å². The van der Waals surface area contributed by atoms with E-state index in [-0.39, 0.29) is 0 Å². The third-order valence-electron chi connectivity index (χ3n) is 13.5. The van der Waals surface area contributed by atoms with Crippen LogP contribution in [-0.2, 0) is 0 Å². The van der Waals surface area contributed by atoms with E-state index < -0.39 is 8.07 Å². The predicted octanol–water partition coefficient (Wildman–Crippen LogP) is 13.9. The molecule has 0 atom stereocenters. The van der Waals surface area contributed by atoms with Crippen molar-refractivity contribution in [2.75, 3.05) is 0 Å². The van der Waals surface area contributed by atoms with Crippen LogP contribution in [0, 0.1) is 0 Å². The van der Waals surface area contributed by atoms with Crippen molar-refractivity contribution in [3.63, 3.8) is 0 Å². The van der Waals surface area contributed by atoms with Crippen molar-refractivity contribution in [3.05, 3.63) is 249 Å². The summed E-state index contributed by atoms with van der Waals surface area (Å²) in [5.41, 5.74) is 8.71. The molecule has 0 amide bonds. The molecule has 0 radical (unpaired) electrons. The molecule has 0 N–H and O–H groups in total. The molecule has 3 heterocycles. The van der Waals surface area contributed by atoms with Gasteiger partial charge >= 0.3 is 0 Å². The fourth-order valence-corrected chi connectivity index (χ4v) is 16.1. The molecule has 0 bridgehead atoms. The van der Waals surface area contributed by atoms with Crippen LogP contribution in [0.5, 0.6) is 0 Å². The van der Waals surface area contributed by atoms with Gasteiger partial charge in [-0.25, -0.2) is 15.0 Å². The van der Waals surface area contributed by atoms with Crippen LogP contribution in [0.3, 0.4) is 0 Å². The van der Waals surface area contributed by atoms with Gasteiger partial charge in [0.15, 0.2) is 25.5 Å². The second kappa shape index (κ2) is 17.0. The standard InChI is InChI=1S/C63H41N3OSSi/c1-5-18-42(19-6-1)43-20-15-21-45(38-43)61-64-62(46-22-16-29-51(39-46)69(48-23-7-2-8-24-48,49-25-9-3-10-26-49)50-27-11-4-12-28-50)66-63(65-61)47-34-36-53-55-32-17-31-52(60(55)67-57(53)41-47)44-35-37-59-56(40-44)54-30-13-14-33-58(54)68-59/h1-41H. The van der Waals surface area contributed by atoms with Crippen molar-refractivity contribution in [3.8, 4) is 56.4 Å². The molecule has 0 aliphatic carbocycles. The molecule has 0 unspecified atom stereocenters. The van der Waals surface area contributed by atoms with Crippen LogP contribution in [0.25, 0.3) is 98.5 Å². The Morgan fingerprint density at radius 1 is 0.304 bits per heavy atom. The minimum absolute atomic E-state index is 0.570. The van der Waals surface area contributed by atoms with Crippen molar-refractivity contribution < 1.29 is 4.42 Å². The molecule has 0 fully saturated rings. The molecule has 0 saturated heterocycles. The minimum atomic E-state index is -2.85. The lowest BCUT2D eigenvalue weighted by Gasteiger charge is -2.34. The van der Waals surface area contributed by atoms with E-state index in [1.54, 1.807) is 0 Å². The summed E-state index contributed by atoms with van der Waals surface area (Å²) in [6.07, 6.45) is 0. The van der Waals surface area contributed by atoms with Crippen molar-refractivity contribution in [1.29, 1.82) is 0 Å². The van der Waals surface area contributed by atoms with E-state index >= 15 is 0 Å².